The molecule has 0 aliphatic heterocycles. The van der Waals surface area contributed by atoms with Crippen molar-refractivity contribution in [3.63, 3.8) is 0 Å². The van der Waals surface area contributed by atoms with Crippen LogP contribution in [0.4, 0.5) is 0 Å². The minimum atomic E-state index is 0.711. The van der Waals surface area contributed by atoms with Crippen molar-refractivity contribution in [3.8, 4) is 11.5 Å². The molecule has 0 fully saturated rings. The monoisotopic (exact) mass is 312 g/mol. The summed E-state index contributed by atoms with van der Waals surface area (Å²) in [6, 6.07) is 6.04. The van der Waals surface area contributed by atoms with Crippen LogP contribution in [0.3, 0.4) is 0 Å². The van der Waals surface area contributed by atoms with Gasteiger partial charge < -0.3 is 9.47 Å². The van der Waals surface area contributed by atoms with E-state index >= 15 is 0 Å². The zero-order chi connectivity index (χ0) is 13.4. The maximum atomic E-state index is 5.70. The first-order valence-electron chi connectivity index (χ1n) is 6.31. The topological polar surface area (TPSA) is 18.5 Å². The van der Waals surface area contributed by atoms with Crippen molar-refractivity contribution in [2.24, 2.45) is 0 Å². The van der Waals surface area contributed by atoms with Crippen LogP contribution in [0.15, 0.2) is 23.8 Å². The SMILES string of the molecule is CCCOc1cc(C=C(CC)CBr)ccc1OC. The fraction of sp³-hybridized carbons (Fsp3) is 0.467. The van der Waals surface area contributed by atoms with Gasteiger partial charge in [-0.3, -0.25) is 0 Å². The molecule has 0 spiro atoms. The Labute approximate surface area is 118 Å². The number of hydrogen-bond donors (Lipinski definition) is 0. The predicted molar refractivity (Wildman–Crippen MR) is 80.8 cm³/mol. The Bertz CT molecular complexity index is 393. The highest BCUT2D eigenvalue weighted by Crippen LogP contribution is 2.29. The lowest BCUT2D eigenvalue weighted by atomic mass is 10.1. The predicted octanol–water partition coefficient (Wildman–Crippen LogP) is 4.67. The normalized spacial score (nSPS) is 11.4. The van der Waals surface area contributed by atoms with Crippen molar-refractivity contribution in [2.75, 3.05) is 19.0 Å². The molecule has 0 radical (unpaired) electrons. The van der Waals surface area contributed by atoms with Crippen LogP contribution in [0.25, 0.3) is 6.08 Å². The number of allylic oxidation sites excluding steroid dienone is 1. The molecule has 0 bridgehead atoms. The summed E-state index contributed by atoms with van der Waals surface area (Å²) < 4.78 is 11.0. The molecule has 0 aromatic heterocycles. The van der Waals surface area contributed by atoms with Gasteiger partial charge >= 0.3 is 0 Å². The van der Waals surface area contributed by atoms with Crippen molar-refractivity contribution in [1.29, 1.82) is 0 Å². The Morgan fingerprint density at radius 3 is 2.61 bits per heavy atom. The van der Waals surface area contributed by atoms with Crippen LogP contribution in [-0.4, -0.2) is 19.0 Å². The lowest BCUT2D eigenvalue weighted by Gasteiger charge is -2.11. The van der Waals surface area contributed by atoms with Gasteiger partial charge in [-0.25, -0.2) is 0 Å². The summed E-state index contributed by atoms with van der Waals surface area (Å²) in [5.74, 6) is 1.61. The van der Waals surface area contributed by atoms with E-state index in [9.17, 15) is 0 Å². The summed E-state index contributed by atoms with van der Waals surface area (Å²) in [5.41, 5.74) is 2.51. The molecular weight excluding hydrogens is 292 g/mol. The van der Waals surface area contributed by atoms with E-state index in [2.05, 4.69) is 41.9 Å². The number of ether oxygens (including phenoxy) is 2. The Balaban J connectivity index is 2.98. The van der Waals surface area contributed by atoms with E-state index in [-0.39, 0.29) is 0 Å². The first-order valence-corrected chi connectivity index (χ1v) is 7.43. The maximum Gasteiger partial charge on any atom is 0.161 e. The second-order valence-electron chi connectivity index (χ2n) is 4.05. The van der Waals surface area contributed by atoms with Crippen LogP contribution < -0.4 is 9.47 Å². The van der Waals surface area contributed by atoms with Gasteiger partial charge in [0.1, 0.15) is 0 Å². The molecule has 1 rings (SSSR count). The number of alkyl halides is 1. The summed E-state index contributed by atoms with van der Waals surface area (Å²) >= 11 is 3.50. The van der Waals surface area contributed by atoms with E-state index in [1.165, 1.54) is 5.57 Å². The molecule has 0 unspecified atom stereocenters. The van der Waals surface area contributed by atoms with Crippen molar-refractivity contribution < 1.29 is 9.47 Å². The van der Waals surface area contributed by atoms with Crippen molar-refractivity contribution in [3.05, 3.63) is 29.3 Å². The highest BCUT2D eigenvalue weighted by Gasteiger charge is 2.05. The van der Waals surface area contributed by atoms with Gasteiger partial charge in [0.25, 0.3) is 0 Å². The molecule has 18 heavy (non-hydrogen) atoms. The van der Waals surface area contributed by atoms with Gasteiger partial charge in [-0.15, -0.1) is 0 Å². The van der Waals surface area contributed by atoms with Crippen LogP contribution in [0.2, 0.25) is 0 Å². The van der Waals surface area contributed by atoms with E-state index in [0.717, 1.165) is 35.2 Å². The third-order valence-corrected chi connectivity index (χ3v) is 3.37. The van der Waals surface area contributed by atoms with Crippen LogP contribution in [0.5, 0.6) is 11.5 Å². The van der Waals surface area contributed by atoms with Crippen LogP contribution in [0, 0.1) is 0 Å². The zero-order valence-corrected chi connectivity index (χ0v) is 12.9. The van der Waals surface area contributed by atoms with Gasteiger partial charge in [0.05, 0.1) is 13.7 Å². The molecular formula is C15H21BrO2. The Morgan fingerprint density at radius 1 is 1.28 bits per heavy atom. The minimum Gasteiger partial charge on any atom is -0.493 e. The number of methoxy groups -OCH3 is 1. The number of rotatable bonds is 7. The number of hydrogen-bond acceptors (Lipinski definition) is 2. The molecule has 0 saturated carbocycles. The second kappa shape index (κ2) is 8.20. The average Bonchev–Trinajstić information content (AvgIpc) is 2.42. The first kappa shape index (κ1) is 15.1. The summed E-state index contributed by atoms with van der Waals surface area (Å²) in [5, 5.41) is 0.903. The number of halogens is 1. The molecule has 1 aromatic rings. The summed E-state index contributed by atoms with van der Waals surface area (Å²) in [7, 11) is 1.67. The largest absolute Gasteiger partial charge is 0.493 e. The smallest absolute Gasteiger partial charge is 0.161 e. The lowest BCUT2D eigenvalue weighted by molar-refractivity contribution is 0.294. The summed E-state index contributed by atoms with van der Waals surface area (Å²) in [6.45, 7) is 4.96. The highest BCUT2D eigenvalue weighted by molar-refractivity contribution is 9.09. The molecule has 0 aliphatic rings. The van der Waals surface area contributed by atoms with Gasteiger partial charge in [-0.1, -0.05) is 47.5 Å². The van der Waals surface area contributed by atoms with Crippen LogP contribution in [-0.2, 0) is 0 Å². The van der Waals surface area contributed by atoms with E-state index in [1.54, 1.807) is 7.11 Å². The van der Waals surface area contributed by atoms with E-state index in [1.807, 2.05) is 12.1 Å². The van der Waals surface area contributed by atoms with E-state index in [0.29, 0.717) is 6.61 Å². The summed E-state index contributed by atoms with van der Waals surface area (Å²) in [4.78, 5) is 0. The lowest BCUT2D eigenvalue weighted by Crippen LogP contribution is -1.98. The standard InChI is InChI=1S/C15H21BrO2/c1-4-8-18-15-10-13(6-7-14(15)17-3)9-12(5-2)11-16/h6-7,9-10H,4-5,8,11H2,1-3H3. The average molecular weight is 313 g/mol. The van der Waals surface area contributed by atoms with E-state index < -0.39 is 0 Å². The fourth-order valence-corrected chi connectivity index (χ4v) is 2.14. The van der Waals surface area contributed by atoms with Gasteiger partial charge in [0.2, 0.25) is 0 Å². The molecule has 1 aromatic carbocycles. The summed E-state index contributed by atoms with van der Waals surface area (Å²) in [6.07, 6.45) is 4.22. The third kappa shape index (κ3) is 4.37. The fourth-order valence-electron chi connectivity index (χ4n) is 1.58. The molecule has 3 heteroatoms. The van der Waals surface area contributed by atoms with Crippen LogP contribution in [0.1, 0.15) is 32.3 Å². The quantitative estimate of drug-likeness (QED) is 0.681. The van der Waals surface area contributed by atoms with Crippen molar-refractivity contribution in [2.45, 2.75) is 26.7 Å². The molecule has 100 valence electrons. The molecule has 0 amide bonds. The van der Waals surface area contributed by atoms with Crippen molar-refractivity contribution >= 4 is 22.0 Å². The van der Waals surface area contributed by atoms with Crippen LogP contribution >= 0.6 is 15.9 Å². The van der Waals surface area contributed by atoms with E-state index in [4.69, 9.17) is 9.47 Å². The Kier molecular flexibility index (Phi) is 6.88. The maximum absolute atomic E-state index is 5.70. The highest BCUT2D eigenvalue weighted by atomic mass is 79.9. The molecule has 0 atom stereocenters. The molecule has 0 heterocycles. The Hall–Kier alpha value is -0.960. The molecule has 0 saturated heterocycles. The zero-order valence-electron chi connectivity index (χ0n) is 11.3. The van der Waals surface area contributed by atoms with Gasteiger partial charge in [-0.2, -0.15) is 0 Å². The second-order valence-corrected chi connectivity index (χ2v) is 4.61. The molecule has 0 N–H and O–H groups in total. The molecule has 2 nitrogen and oxygen atoms in total. The van der Waals surface area contributed by atoms with Gasteiger partial charge in [0, 0.05) is 5.33 Å². The van der Waals surface area contributed by atoms with Gasteiger partial charge in [0.15, 0.2) is 11.5 Å². The number of benzene rings is 1. The third-order valence-electron chi connectivity index (χ3n) is 2.65. The first-order chi connectivity index (χ1) is 8.74. The van der Waals surface area contributed by atoms with Crippen molar-refractivity contribution in [1.82, 2.24) is 0 Å². The minimum absolute atomic E-state index is 0.711. The Morgan fingerprint density at radius 2 is 2.06 bits per heavy atom. The molecule has 0 aliphatic carbocycles. The van der Waals surface area contributed by atoms with Gasteiger partial charge in [-0.05, 0) is 30.5 Å².